The Morgan fingerprint density at radius 1 is 1.08 bits per heavy atom. The van der Waals surface area contributed by atoms with Crippen LogP contribution in [0.2, 0.25) is 0 Å². The van der Waals surface area contributed by atoms with Gasteiger partial charge in [0.25, 0.3) is 10.0 Å². The molecule has 0 bridgehead atoms. The lowest BCUT2D eigenvalue weighted by Crippen LogP contribution is -2.36. The van der Waals surface area contributed by atoms with Crippen molar-refractivity contribution in [3.63, 3.8) is 0 Å². The van der Waals surface area contributed by atoms with Gasteiger partial charge in [-0.15, -0.1) is 11.8 Å². The summed E-state index contributed by atoms with van der Waals surface area (Å²) in [5.74, 6) is 0.146. The van der Waals surface area contributed by atoms with Crippen molar-refractivity contribution in [2.45, 2.75) is 36.7 Å². The first kappa shape index (κ1) is 18.5. The molecule has 0 saturated heterocycles. The number of aryl methyl sites for hydroxylation is 2. The molecule has 0 radical (unpaired) electrons. The van der Waals surface area contributed by atoms with E-state index >= 15 is 0 Å². The van der Waals surface area contributed by atoms with Crippen LogP contribution in [0.3, 0.4) is 0 Å². The fourth-order valence-electron chi connectivity index (χ4n) is 2.03. The van der Waals surface area contributed by atoms with E-state index < -0.39 is 21.2 Å². The molecule has 0 spiro atoms. The molecule has 4 nitrogen and oxygen atoms in total. The second kappa shape index (κ2) is 7.85. The molecule has 1 N–H and O–H groups in total. The van der Waals surface area contributed by atoms with Crippen LogP contribution in [-0.2, 0) is 20.6 Å². The average Bonchev–Trinajstić information content (AvgIpc) is 2.55. The molecule has 1 unspecified atom stereocenters. The molecule has 2 rings (SSSR count). The molecule has 24 heavy (non-hydrogen) atoms. The number of carbonyl (C=O) groups is 1. The maximum atomic E-state index is 12.3. The number of thioether (sulfide) groups is 1. The second-order valence-corrected chi connectivity index (χ2v) is 8.67. The molecular weight excluding hydrogens is 342 g/mol. The standard InChI is InChI=1S/C18H21NO3S2/c1-13-9-10-17(11-14(13)2)24(21,22)19-18(20)15(3)23-12-16-7-5-4-6-8-16/h4-11,15H,12H2,1-3H3,(H,19,20). The van der Waals surface area contributed by atoms with Crippen molar-refractivity contribution in [2.24, 2.45) is 0 Å². The zero-order chi connectivity index (χ0) is 17.7. The Hall–Kier alpha value is -1.79. The molecule has 128 valence electrons. The van der Waals surface area contributed by atoms with E-state index in [1.54, 1.807) is 19.1 Å². The van der Waals surface area contributed by atoms with Crippen LogP contribution in [0.5, 0.6) is 0 Å². The van der Waals surface area contributed by atoms with E-state index in [1.807, 2.05) is 44.2 Å². The Kier molecular flexibility index (Phi) is 6.07. The molecule has 2 aromatic rings. The first-order valence-electron chi connectivity index (χ1n) is 7.59. The Labute approximate surface area is 147 Å². The molecule has 0 aliphatic carbocycles. The van der Waals surface area contributed by atoms with Crippen molar-refractivity contribution in [1.29, 1.82) is 0 Å². The van der Waals surface area contributed by atoms with Gasteiger partial charge in [-0.25, -0.2) is 13.1 Å². The SMILES string of the molecule is Cc1ccc(S(=O)(=O)NC(=O)C(C)SCc2ccccc2)cc1C. The topological polar surface area (TPSA) is 63.2 Å². The van der Waals surface area contributed by atoms with E-state index in [0.29, 0.717) is 5.75 Å². The molecule has 1 amide bonds. The third-order valence-corrected chi connectivity index (χ3v) is 6.29. The summed E-state index contributed by atoms with van der Waals surface area (Å²) < 4.78 is 26.9. The van der Waals surface area contributed by atoms with Crippen molar-refractivity contribution in [1.82, 2.24) is 4.72 Å². The molecule has 2 aromatic carbocycles. The number of rotatable bonds is 6. The fourth-order valence-corrected chi connectivity index (χ4v) is 4.08. The van der Waals surface area contributed by atoms with Gasteiger partial charge in [0.2, 0.25) is 5.91 Å². The highest BCUT2D eigenvalue weighted by molar-refractivity contribution is 8.00. The Balaban J connectivity index is 2.00. The summed E-state index contributed by atoms with van der Waals surface area (Å²) in [6, 6.07) is 14.6. The van der Waals surface area contributed by atoms with Crippen LogP contribution in [0.1, 0.15) is 23.6 Å². The van der Waals surface area contributed by atoms with E-state index in [9.17, 15) is 13.2 Å². The van der Waals surface area contributed by atoms with Crippen molar-refractivity contribution in [2.75, 3.05) is 0 Å². The molecule has 6 heteroatoms. The van der Waals surface area contributed by atoms with Gasteiger partial charge >= 0.3 is 0 Å². The van der Waals surface area contributed by atoms with Crippen LogP contribution in [-0.4, -0.2) is 19.6 Å². The van der Waals surface area contributed by atoms with Crippen LogP contribution in [0.25, 0.3) is 0 Å². The normalized spacial score (nSPS) is 12.6. The van der Waals surface area contributed by atoms with Crippen molar-refractivity contribution in [3.05, 3.63) is 65.2 Å². The number of hydrogen-bond donors (Lipinski definition) is 1. The van der Waals surface area contributed by atoms with Crippen LogP contribution >= 0.6 is 11.8 Å². The van der Waals surface area contributed by atoms with E-state index in [1.165, 1.54) is 17.8 Å². The minimum Gasteiger partial charge on any atom is -0.273 e. The van der Waals surface area contributed by atoms with Crippen LogP contribution < -0.4 is 4.72 Å². The number of benzene rings is 2. The van der Waals surface area contributed by atoms with Crippen LogP contribution in [0.15, 0.2) is 53.4 Å². The molecule has 0 fully saturated rings. The lowest BCUT2D eigenvalue weighted by molar-refractivity contribution is -0.118. The fraction of sp³-hybridized carbons (Fsp3) is 0.278. The molecule has 0 aliphatic rings. The van der Waals surface area contributed by atoms with Gasteiger partial charge in [0.15, 0.2) is 0 Å². The average molecular weight is 364 g/mol. The van der Waals surface area contributed by atoms with Gasteiger partial charge in [-0.05, 0) is 49.6 Å². The summed E-state index contributed by atoms with van der Waals surface area (Å²) in [6.07, 6.45) is 0. The number of amides is 1. The highest BCUT2D eigenvalue weighted by atomic mass is 32.2. The number of nitrogens with one attached hydrogen (secondary N) is 1. The van der Waals surface area contributed by atoms with Crippen LogP contribution in [0.4, 0.5) is 0 Å². The largest absolute Gasteiger partial charge is 0.273 e. The summed E-state index contributed by atoms with van der Waals surface area (Å²) in [5, 5.41) is -0.466. The first-order valence-corrected chi connectivity index (χ1v) is 10.1. The van der Waals surface area contributed by atoms with Gasteiger partial charge in [0, 0.05) is 5.75 Å². The highest BCUT2D eigenvalue weighted by Gasteiger charge is 2.22. The summed E-state index contributed by atoms with van der Waals surface area (Å²) in [5.41, 5.74) is 2.98. The maximum Gasteiger partial charge on any atom is 0.264 e. The molecular formula is C18H21NO3S2. The second-order valence-electron chi connectivity index (χ2n) is 5.65. The number of sulfonamides is 1. The first-order chi connectivity index (χ1) is 11.3. The molecule has 0 aromatic heterocycles. The summed E-state index contributed by atoms with van der Waals surface area (Å²) in [6.45, 7) is 5.46. The van der Waals surface area contributed by atoms with Gasteiger partial charge < -0.3 is 0 Å². The lowest BCUT2D eigenvalue weighted by Gasteiger charge is -2.13. The molecule has 0 aliphatic heterocycles. The van der Waals surface area contributed by atoms with Gasteiger partial charge in [0.1, 0.15) is 0 Å². The quantitative estimate of drug-likeness (QED) is 0.854. The summed E-state index contributed by atoms with van der Waals surface area (Å²) >= 11 is 1.40. The lowest BCUT2D eigenvalue weighted by atomic mass is 10.1. The van der Waals surface area contributed by atoms with Gasteiger partial charge in [-0.3, -0.25) is 4.79 Å². The maximum absolute atomic E-state index is 12.3. The number of hydrogen-bond acceptors (Lipinski definition) is 4. The zero-order valence-electron chi connectivity index (χ0n) is 13.9. The Morgan fingerprint density at radius 2 is 1.75 bits per heavy atom. The number of carbonyl (C=O) groups excluding carboxylic acids is 1. The zero-order valence-corrected chi connectivity index (χ0v) is 15.6. The van der Waals surface area contributed by atoms with Crippen molar-refractivity contribution in [3.8, 4) is 0 Å². The Morgan fingerprint density at radius 3 is 2.38 bits per heavy atom. The van der Waals surface area contributed by atoms with E-state index in [2.05, 4.69) is 4.72 Å². The third-order valence-electron chi connectivity index (χ3n) is 3.74. The third kappa shape index (κ3) is 4.85. The predicted molar refractivity (Wildman–Crippen MR) is 98.4 cm³/mol. The van der Waals surface area contributed by atoms with Gasteiger partial charge in [-0.1, -0.05) is 36.4 Å². The van der Waals surface area contributed by atoms with Crippen LogP contribution in [0, 0.1) is 13.8 Å². The van der Waals surface area contributed by atoms with Crippen molar-refractivity contribution >= 4 is 27.7 Å². The minimum absolute atomic E-state index is 0.110. The molecule has 1 atom stereocenters. The monoisotopic (exact) mass is 363 g/mol. The molecule has 0 saturated carbocycles. The van der Waals surface area contributed by atoms with Gasteiger partial charge in [-0.2, -0.15) is 0 Å². The van der Waals surface area contributed by atoms with E-state index in [-0.39, 0.29) is 4.90 Å². The van der Waals surface area contributed by atoms with E-state index in [0.717, 1.165) is 16.7 Å². The summed E-state index contributed by atoms with van der Waals surface area (Å²) in [4.78, 5) is 12.3. The smallest absolute Gasteiger partial charge is 0.264 e. The highest BCUT2D eigenvalue weighted by Crippen LogP contribution is 2.19. The van der Waals surface area contributed by atoms with Gasteiger partial charge in [0.05, 0.1) is 10.1 Å². The van der Waals surface area contributed by atoms with E-state index in [4.69, 9.17) is 0 Å². The predicted octanol–water partition coefficient (Wildman–Crippen LogP) is 3.43. The summed E-state index contributed by atoms with van der Waals surface area (Å²) in [7, 11) is -3.84. The van der Waals surface area contributed by atoms with Crippen molar-refractivity contribution < 1.29 is 13.2 Å². The molecule has 0 heterocycles. The Bertz CT molecular complexity index is 817. The minimum atomic E-state index is -3.84.